The third-order valence-electron chi connectivity index (χ3n) is 10.8. The Kier molecular flexibility index (Phi) is 7.28. The van der Waals surface area contributed by atoms with E-state index in [1.165, 1.54) is 57.4 Å². The average Bonchev–Trinajstić information content (AvgIpc) is 3.29. The van der Waals surface area contributed by atoms with E-state index in [1.807, 2.05) is 6.07 Å². The van der Waals surface area contributed by atoms with E-state index >= 15 is 0 Å². The molecule has 0 radical (unpaired) electrons. The monoisotopic (exact) mass is 708 g/mol. The minimum absolute atomic E-state index is 0.0527. The van der Waals surface area contributed by atoms with E-state index in [1.54, 1.807) is 42.5 Å². The van der Waals surface area contributed by atoms with Gasteiger partial charge in [-0.1, -0.05) is 18.2 Å². The third-order valence-corrected chi connectivity index (χ3v) is 11.4. The molecule has 4 aromatic rings. The van der Waals surface area contributed by atoms with Crippen LogP contribution in [0, 0.1) is 17.8 Å². The number of hydrogen-bond donors (Lipinski definition) is 2. The predicted octanol–water partition coefficient (Wildman–Crippen LogP) is 6.02. The summed E-state index contributed by atoms with van der Waals surface area (Å²) in [6, 6.07) is 17.5. The van der Waals surface area contributed by atoms with Gasteiger partial charge in [0.25, 0.3) is 17.4 Å². The molecule has 2 amide bonds. The molecule has 9 rings (SSSR count). The van der Waals surface area contributed by atoms with E-state index in [2.05, 4.69) is 38.0 Å². The Bertz CT molecular complexity index is 2100. The number of fused-ring (bicyclic) bond motifs is 1. The molecule has 4 fully saturated rings. The molecule has 2 heterocycles. The number of nitrogens with one attached hydrogen (secondary N) is 1. The minimum Gasteiger partial charge on any atom is -0.496 e. The summed E-state index contributed by atoms with van der Waals surface area (Å²) in [6.07, 6.45) is 8.80. The lowest BCUT2D eigenvalue weighted by atomic mass is 9.48. The van der Waals surface area contributed by atoms with Crippen LogP contribution in [0.15, 0.2) is 79.7 Å². The second-order valence-corrected chi connectivity index (χ2v) is 14.5. The highest BCUT2D eigenvalue weighted by Gasteiger charge is 2.51. The zero-order valence-electron chi connectivity index (χ0n) is 26.2. The van der Waals surface area contributed by atoms with Gasteiger partial charge in [0.1, 0.15) is 11.3 Å². The van der Waals surface area contributed by atoms with Gasteiger partial charge in [0.05, 0.1) is 36.2 Å². The first-order valence-electron chi connectivity index (χ1n) is 16.2. The van der Waals surface area contributed by atoms with Gasteiger partial charge in [0, 0.05) is 16.3 Å². The summed E-state index contributed by atoms with van der Waals surface area (Å²) in [5.41, 5.74) is 1.63. The first-order valence-corrected chi connectivity index (χ1v) is 17.0. The molecule has 0 unspecified atom stereocenters. The Balaban J connectivity index is 1.09. The average molecular weight is 710 g/mol. The van der Waals surface area contributed by atoms with Crippen molar-refractivity contribution in [1.82, 2.24) is 14.5 Å². The fourth-order valence-electron chi connectivity index (χ4n) is 9.02. The first kappa shape index (κ1) is 30.6. The third kappa shape index (κ3) is 4.94. The van der Waals surface area contributed by atoms with Crippen molar-refractivity contribution in [3.8, 4) is 17.3 Å². The van der Waals surface area contributed by atoms with Crippen LogP contribution < -0.4 is 16.0 Å². The molecule has 11 heteroatoms. The van der Waals surface area contributed by atoms with Gasteiger partial charge in [0.2, 0.25) is 5.88 Å². The SMILES string of the molecule is COc1ccc(N=Cc2c(O)n(-c3ccc(C45CC6CC(CC(C6)C4)C5)cc3Br)c(=O)[nH]c2=O)cc1CN1C(=O)c2ccccc2C1=O. The van der Waals surface area contributed by atoms with Crippen LogP contribution >= 0.6 is 15.9 Å². The van der Waals surface area contributed by atoms with Crippen LogP contribution in [-0.2, 0) is 12.0 Å². The Labute approximate surface area is 284 Å². The Hall–Kier alpha value is -4.77. The number of amides is 2. The maximum absolute atomic E-state index is 13.1. The van der Waals surface area contributed by atoms with Gasteiger partial charge in [-0.15, -0.1) is 0 Å². The fraction of sp³-hybridized carbons (Fsp3) is 0.324. The lowest BCUT2D eigenvalue weighted by molar-refractivity contribution is -0.00521. The number of carbonyl (C=O) groups is 2. The van der Waals surface area contributed by atoms with E-state index in [-0.39, 0.29) is 17.5 Å². The summed E-state index contributed by atoms with van der Waals surface area (Å²) in [6.45, 7) is -0.0527. The van der Waals surface area contributed by atoms with Gasteiger partial charge >= 0.3 is 5.69 Å². The highest BCUT2D eigenvalue weighted by atomic mass is 79.9. The molecular formula is C37H33BrN4O6. The Morgan fingerprint density at radius 1 is 0.938 bits per heavy atom. The summed E-state index contributed by atoms with van der Waals surface area (Å²) in [4.78, 5) is 59.8. The van der Waals surface area contributed by atoms with Crippen LogP contribution in [-0.4, -0.2) is 44.7 Å². The van der Waals surface area contributed by atoms with Crippen LogP contribution in [0.3, 0.4) is 0 Å². The highest BCUT2D eigenvalue weighted by Crippen LogP contribution is 2.61. The van der Waals surface area contributed by atoms with Gasteiger partial charge in [0.15, 0.2) is 0 Å². The summed E-state index contributed by atoms with van der Waals surface area (Å²) >= 11 is 3.67. The lowest BCUT2D eigenvalue weighted by Crippen LogP contribution is -2.48. The van der Waals surface area contributed by atoms with Gasteiger partial charge in [-0.05, 0) is 126 Å². The molecule has 48 heavy (non-hydrogen) atoms. The van der Waals surface area contributed by atoms with Gasteiger partial charge in [-0.2, -0.15) is 0 Å². The van der Waals surface area contributed by atoms with E-state index in [9.17, 15) is 24.3 Å². The smallest absolute Gasteiger partial charge is 0.335 e. The standard InChI is InChI=1S/C37H33BrN4O6/c1-48-31-9-7-25(13-23(31)19-41-33(44)26-4-2-3-5-27(26)34(41)45)39-18-28-32(43)40-36(47)42(35(28)46)30-8-6-24(14-29(30)38)37-15-20-10-21(16-37)12-22(11-20)17-37/h2-9,13-14,18,20-22,46H,10-12,15-17,19H2,1H3,(H,40,43,47). The first-order chi connectivity index (χ1) is 23.1. The van der Waals surface area contributed by atoms with Crippen molar-refractivity contribution in [1.29, 1.82) is 0 Å². The van der Waals surface area contributed by atoms with Crippen molar-refractivity contribution in [3.05, 3.63) is 114 Å². The van der Waals surface area contributed by atoms with Crippen LogP contribution in [0.1, 0.15) is 75.9 Å². The number of methoxy groups -OCH3 is 1. The molecule has 4 bridgehead atoms. The number of halogens is 1. The molecule has 2 N–H and O–H groups in total. The molecule has 4 saturated carbocycles. The molecule has 244 valence electrons. The zero-order chi connectivity index (χ0) is 33.3. The topological polar surface area (TPSA) is 134 Å². The second-order valence-electron chi connectivity index (χ2n) is 13.7. The van der Waals surface area contributed by atoms with Crippen LogP contribution in [0.5, 0.6) is 11.6 Å². The molecule has 1 aliphatic heterocycles. The molecule has 5 aliphatic rings. The van der Waals surface area contributed by atoms with Gasteiger partial charge in [-0.25, -0.2) is 9.36 Å². The van der Waals surface area contributed by atoms with Gasteiger partial charge < -0.3 is 9.84 Å². The number of ether oxygens (including phenoxy) is 1. The summed E-state index contributed by atoms with van der Waals surface area (Å²) in [5, 5.41) is 11.3. The van der Waals surface area contributed by atoms with Crippen molar-refractivity contribution in [2.45, 2.75) is 50.5 Å². The number of rotatable bonds is 7. The highest BCUT2D eigenvalue weighted by molar-refractivity contribution is 9.10. The fourth-order valence-corrected chi connectivity index (χ4v) is 9.58. The number of aromatic nitrogens is 2. The van der Waals surface area contributed by atoms with E-state index in [0.29, 0.717) is 38.3 Å². The Morgan fingerprint density at radius 3 is 2.19 bits per heavy atom. The van der Waals surface area contributed by atoms with Crippen molar-refractivity contribution in [3.63, 3.8) is 0 Å². The minimum atomic E-state index is -0.793. The predicted molar refractivity (Wildman–Crippen MR) is 183 cm³/mol. The number of hydrogen-bond acceptors (Lipinski definition) is 7. The lowest BCUT2D eigenvalue weighted by Gasteiger charge is -2.57. The number of carbonyl (C=O) groups excluding carboxylic acids is 2. The van der Waals surface area contributed by atoms with Crippen molar-refractivity contribution in [2.75, 3.05) is 7.11 Å². The van der Waals surface area contributed by atoms with Crippen molar-refractivity contribution >= 4 is 39.6 Å². The zero-order valence-corrected chi connectivity index (χ0v) is 27.8. The largest absolute Gasteiger partial charge is 0.496 e. The maximum Gasteiger partial charge on any atom is 0.335 e. The molecule has 10 nitrogen and oxygen atoms in total. The maximum atomic E-state index is 13.1. The Morgan fingerprint density at radius 2 is 1.58 bits per heavy atom. The summed E-state index contributed by atoms with van der Waals surface area (Å²) < 4.78 is 7.20. The molecular weight excluding hydrogens is 676 g/mol. The number of aliphatic imine (C=N–C) groups is 1. The molecule has 3 aromatic carbocycles. The van der Waals surface area contributed by atoms with E-state index in [4.69, 9.17) is 4.74 Å². The second kappa shape index (κ2) is 11.4. The quantitative estimate of drug-likeness (QED) is 0.178. The van der Waals surface area contributed by atoms with Crippen molar-refractivity contribution < 1.29 is 19.4 Å². The van der Waals surface area contributed by atoms with E-state index < -0.39 is 28.9 Å². The summed E-state index contributed by atoms with van der Waals surface area (Å²) in [7, 11) is 1.48. The molecule has 4 aliphatic carbocycles. The van der Waals surface area contributed by atoms with Crippen molar-refractivity contribution in [2.24, 2.45) is 22.7 Å². The summed E-state index contributed by atoms with van der Waals surface area (Å²) in [5.74, 6) is 1.45. The van der Waals surface area contributed by atoms with Crippen LogP contribution in [0.2, 0.25) is 0 Å². The molecule has 0 spiro atoms. The number of H-pyrrole nitrogens is 1. The van der Waals surface area contributed by atoms with Crippen LogP contribution in [0.4, 0.5) is 5.69 Å². The number of aromatic amines is 1. The normalized spacial score (nSPS) is 24.1. The van der Waals surface area contributed by atoms with E-state index in [0.717, 1.165) is 27.2 Å². The van der Waals surface area contributed by atoms with Gasteiger partial charge in [-0.3, -0.25) is 29.3 Å². The molecule has 0 atom stereocenters. The molecule has 0 saturated heterocycles. The van der Waals surface area contributed by atoms with Crippen LogP contribution in [0.25, 0.3) is 5.69 Å². The number of nitrogens with zero attached hydrogens (tertiary/aromatic N) is 3. The number of benzene rings is 3. The number of aromatic hydroxyl groups is 1. The number of imide groups is 1. The molecule has 1 aromatic heterocycles.